The van der Waals surface area contributed by atoms with Crippen LogP contribution in [0.1, 0.15) is 38.3 Å². The Morgan fingerprint density at radius 2 is 2.10 bits per heavy atom. The maximum Gasteiger partial charge on any atom is 0.303 e. The highest BCUT2D eigenvalue weighted by Gasteiger charge is 2.21. The van der Waals surface area contributed by atoms with E-state index < -0.39 is 12.0 Å². The summed E-state index contributed by atoms with van der Waals surface area (Å²) in [4.78, 5) is 10.7. The first-order valence-corrected chi connectivity index (χ1v) is 7.16. The van der Waals surface area contributed by atoms with Crippen LogP contribution in [0.25, 0.3) is 0 Å². The molecule has 0 saturated carbocycles. The van der Waals surface area contributed by atoms with Crippen molar-refractivity contribution in [1.29, 1.82) is 0 Å². The zero-order valence-electron chi connectivity index (χ0n) is 11.9. The van der Waals surface area contributed by atoms with Crippen molar-refractivity contribution in [3.8, 4) is 11.5 Å². The summed E-state index contributed by atoms with van der Waals surface area (Å²) in [5.41, 5.74) is 6.85. The molecule has 5 nitrogen and oxygen atoms in total. The summed E-state index contributed by atoms with van der Waals surface area (Å²) >= 11 is 3.45. The minimum absolute atomic E-state index is 0.00589. The fourth-order valence-electron chi connectivity index (χ4n) is 1.84. The smallest absolute Gasteiger partial charge is 0.303 e. The Bertz CT molecular complexity index is 476. The average Bonchev–Trinajstić information content (AvgIpc) is 2.36. The standard InChI is InChI=1S/C14H20BrNO4/c1-8(2)20-14-11(19-3)6-4-9(15)13(14)10(16)5-7-12(17)18/h4,6,8,10H,5,7,16H2,1-3H3,(H,17,18). The van der Waals surface area contributed by atoms with Crippen molar-refractivity contribution < 1.29 is 19.4 Å². The van der Waals surface area contributed by atoms with Crippen molar-refractivity contribution in [2.45, 2.75) is 38.8 Å². The molecule has 0 saturated heterocycles. The van der Waals surface area contributed by atoms with Crippen LogP contribution in [0, 0.1) is 0 Å². The summed E-state index contributed by atoms with van der Waals surface area (Å²) in [5, 5.41) is 8.77. The molecule has 112 valence electrons. The van der Waals surface area contributed by atoms with Crippen molar-refractivity contribution in [2.24, 2.45) is 5.73 Å². The number of hydrogen-bond acceptors (Lipinski definition) is 4. The molecule has 0 spiro atoms. The molecule has 0 amide bonds. The van der Waals surface area contributed by atoms with E-state index in [4.69, 9.17) is 20.3 Å². The molecular formula is C14H20BrNO4. The first-order valence-electron chi connectivity index (χ1n) is 6.37. The van der Waals surface area contributed by atoms with Crippen LogP contribution in [0.4, 0.5) is 0 Å². The number of halogens is 1. The van der Waals surface area contributed by atoms with Gasteiger partial charge in [-0.25, -0.2) is 0 Å². The van der Waals surface area contributed by atoms with Crippen molar-refractivity contribution in [3.63, 3.8) is 0 Å². The van der Waals surface area contributed by atoms with Gasteiger partial charge in [0, 0.05) is 22.5 Å². The molecule has 1 rings (SSSR count). The van der Waals surface area contributed by atoms with Crippen LogP contribution in [-0.4, -0.2) is 24.3 Å². The summed E-state index contributed by atoms with van der Waals surface area (Å²) in [6, 6.07) is 3.17. The lowest BCUT2D eigenvalue weighted by Crippen LogP contribution is -2.17. The van der Waals surface area contributed by atoms with Crippen LogP contribution in [0.2, 0.25) is 0 Å². The van der Waals surface area contributed by atoms with Gasteiger partial charge in [0.25, 0.3) is 0 Å². The number of hydrogen-bond donors (Lipinski definition) is 2. The molecule has 0 radical (unpaired) electrons. The van der Waals surface area contributed by atoms with Crippen LogP contribution >= 0.6 is 15.9 Å². The van der Waals surface area contributed by atoms with E-state index in [9.17, 15) is 4.79 Å². The van der Waals surface area contributed by atoms with Gasteiger partial charge in [0.1, 0.15) is 0 Å². The largest absolute Gasteiger partial charge is 0.493 e. The third kappa shape index (κ3) is 4.38. The van der Waals surface area contributed by atoms with E-state index in [1.54, 1.807) is 13.2 Å². The quantitative estimate of drug-likeness (QED) is 0.793. The number of carboxylic acid groups (broad SMARTS) is 1. The molecule has 0 fully saturated rings. The molecule has 0 aliphatic heterocycles. The summed E-state index contributed by atoms with van der Waals surface area (Å²) in [6.07, 6.45) is 0.297. The van der Waals surface area contributed by atoms with Gasteiger partial charge in [-0.15, -0.1) is 0 Å². The number of methoxy groups -OCH3 is 1. The number of ether oxygens (including phenoxy) is 2. The SMILES string of the molecule is COc1ccc(Br)c(C(N)CCC(=O)O)c1OC(C)C. The monoisotopic (exact) mass is 345 g/mol. The topological polar surface area (TPSA) is 81.8 Å². The molecule has 0 aliphatic carbocycles. The lowest BCUT2D eigenvalue weighted by molar-refractivity contribution is -0.137. The van der Waals surface area contributed by atoms with E-state index in [2.05, 4.69) is 15.9 Å². The molecule has 1 unspecified atom stereocenters. The van der Waals surface area contributed by atoms with E-state index in [0.717, 1.165) is 10.0 Å². The van der Waals surface area contributed by atoms with Gasteiger partial charge < -0.3 is 20.3 Å². The Hall–Kier alpha value is -1.27. The molecule has 1 aromatic rings. The van der Waals surface area contributed by atoms with Gasteiger partial charge in [-0.05, 0) is 32.4 Å². The molecular weight excluding hydrogens is 326 g/mol. The average molecular weight is 346 g/mol. The van der Waals surface area contributed by atoms with Gasteiger partial charge in [-0.2, -0.15) is 0 Å². The number of rotatable bonds is 7. The highest BCUT2D eigenvalue weighted by Crippen LogP contribution is 2.41. The first-order chi connectivity index (χ1) is 9.36. The molecule has 0 aromatic heterocycles. The Morgan fingerprint density at radius 3 is 2.60 bits per heavy atom. The first kappa shape index (κ1) is 16.8. The van der Waals surface area contributed by atoms with Crippen LogP contribution in [0.15, 0.2) is 16.6 Å². The molecule has 0 heterocycles. The summed E-state index contributed by atoms with van der Waals surface area (Å²) in [6.45, 7) is 3.82. The number of benzene rings is 1. The third-order valence-electron chi connectivity index (χ3n) is 2.72. The zero-order chi connectivity index (χ0) is 15.3. The summed E-state index contributed by atoms with van der Waals surface area (Å²) in [5.74, 6) is 0.281. The second-order valence-electron chi connectivity index (χ2n) is 4.70. The molecule has 1 atom stereocenters. The van der Waals surface area contributed by atoms with Crippen molar-refractivity contribution >= 4 is 21.9 Å². The van der Waals surface area contributed by atoms with Gasteiger partial charge in [0.2, 0.25) is 0 Å². The Labute approximate surface area is 127 Å². The van der Waals surface area contributed by atoms with Crippen molar-refractivity contribution in [1.82, 2.24) is 0 Å². The number of aliphatic carboxylic acids is 1. The highest BCUT2D eigenvalue weighted by atomic mass is 79.9. The van der Waals surface area contributed by atoms with Crippen LogP contribution < -0.4 is 15.2 Å². The van der Waals surface area contributed by atoms with E-state index in [-0.39, 0.29) is 12.5 Å². The Morgan fingerprint density at radius 1 is 1.45 bits per heavy atom. The minimum atomic E-state index is -0.870. The lowest BCUT2D eigenvalue weighted by atomic mass is 10.0. The number of carboxylic acids is 1. The van der Waals surface area contributed by atoms with E-state index in [1.165, 1.54) is 0 Å². The van der Waals surface area contributed by atoms with E-state index >= 15 is 0 Å². The second-order valence-corrected chi connectivity index (χ2v) is 5.55. The predicted molar refractivity (Wildman–Crippen MR) is 80.3 cm³/mol. The molecule has 1 aromatic carbocycles. The van der Waals surface area contributed by atoms with Gasteiger partial charge in [-0.3, -0.25) is 4.79 Å². The summed E-state index contributed by atoms with van der Waals surface area (Å²) in [7, 11) is 1.56. The molecule has 3 N–H and O–H groups in total. The molecule has 6 heteroatoms. The van der Waals surface area contributed by atoms with Crippen LogP contribution in [-0.2, 0) is 4.79 Å². The normalized spacial score (nSPS) is 12.3. The highest BCUT2D eigenvalue weighted by molar-refractivity contribution is 9.10. The van der Waals surface area contributed by atoms with Crippen molar-refractivity contribution in [3.05, 3.63) is 22.2 Å². The van der Waals surface area contributed by atoms with Crippen LogP contribution in [0.3, 0.4) is 0 Å². The van der Waals surface area contributed by atoms with Gasteiger partial charge in [0.15, 0.2) is 11.5 Å². The predicted octanol–water partition coefficient (Wildman–Crippen LogP) is 3.11. The van der Waals surface area contributed by atoms with E-state index in [0.29, 0.717) is 17.9 Å². The Balaban J connectivity index is 3.16. The molecule has 0 bridgehead atoms. The maximum atomic E-state index is 10.7. The lowest BCUT2D eigenvalue weighted by Gasteiger charge is -2.22. The second kappa shape index (κ2) is 7.50. The minimum Gasteiger partial charge on any atom is -0.493 e. The zero-order valence-corrected chi connectivity index (χ0v) is 13.4. The van der Waals surface area contributed by atoms with Crippen molar-refractivity contribution in [2.75, 3.05) is 7.11 Å². The maximum absolute atomic E-state index is 10.7. The number of nitrogens with two attached hydrogens (primary N) is 1. The number of carbonyl (C=O) groups is 1. The van der Waals surface area contributed by atoms with Crippen LogP contribution in [0.5, 0.6) is 11.5 Å². The third-order valence-corrected chi connectivity index (χ3v) is 3.41. The van der Waals surface area contributed by atoms with Gasteiger partial charge in [-0.1, -0.05) is 15.9 Å². The fraction of sp³-hybridized carbons (Fsp3) is 0.500. The fourth-order valence-corrected chi connectivity index (χ4v) is 2.45. The molecule has 0 aliphatic rings. The Kier molecular flexibility index (Phi) is 6.29. The molecule has 20 heavy (non-hydrogen) atoms. The van der Waals surface area contributed by atoms with Gasteiger partial charge in [0.05, 0.1) is 13.2 Å². The van der Waals surface area contributed by atoms with E-state index in [1.807, 2.05) is 19.9 Å². The summed E-state index contributed by atoms with van der Waals surface area (Å²) < 4.78 is 11.9. The van der Waals surface area contributed by atoms with Gasteiger partial charge >= 0.3 is 5.97 Å².